The summed E-state index contributed by atoms with van der Waals surface area (Å²) in [5, 5.41) is 18.3. The van der Waals surface area contributed by atoms with Crippen LogP contribution in [0.5, 0.6) is 0 Å². The number of hydrogen-bond acceptors (Lipinski definition) is 6. The molecule has 2 N–H and O–H groups in total. The number of aromatic amines is 1. The van der Waals surface area contributed by atoms with E-state index in [-0.39, 0.29) is 11.5 Å². The molecule has 1 aliphatic heterocycles. The summed E-state index contributed by atoms with van der Waals surface area (Å²) in [6, 6.07) is 12.2. The highest BCUT2D eigenvalue weighted by Gasteiger charge is 2.23. The van der Waals surface area contributed by atoms with Crippen LogP contribution in [0.2, 0.25) is 0 Å². The highest BCUT2D eigenvalue weighted by molar-refractivity contribution is 5.97. The molecule has 0 bridgehead atoms. The van der Waals surface area contributed by atoms with E-state index in [1.54, 1.807) is 4.90 Å². The number of H-pyrrole nitrogens is 1. The van der Waals surface area contributed by atoms with Gasteiger partial charge in [0.1, 0.15) is 18.0 Å². The Balaban J connectivity index is 1.53. The van der Waals surface area contributed by atoms with E-state index < -0.39 is 0 Å². The molecule has 0 radical (unpaired) electrons. The Labute approximate surface area is 145 Å². The highest BCUT2D eigenvalue weighted by Crippen LogP contribution is 2.11. The quantitative estimate of drug-likeness (QED) is 0.623. The maximum Gasteiger partial charge on any atom is 0.266 e. The van der Waals surface area contributed by atoms with Crippen molar-refractivity contribution in [1.29, 1.82) is 5.26 Å². The van der Waals surface area contributed by atoms with Crippen molar-refractivity contribution < 1.29 is 4.79 Å². The Kier molecular flexibility index (Phi) is 5.39. The van der Waals surface area contributed by atoms with Crippen molar-refractivity contribution in [2.45, 2.75) is 6.54 Å². The highest BCUT2D eigenvalue weighted by atomic mass is 16.2. The first-order valence-electron chi connectivity index (χ1n) is 8.04. The van der Waals surface area contributed by atoms with Gasteiger partial charge in [-0.1, -0.05) is 30.3 Å². The van der Waals surface area contributed by atoms with E-state index in [9.17, 15) is 10.1 Å². The fourth-order valence-corrected chi connectivity index (χ4v) is 2.68. The molecule has 0 spiro atoms. The molecule has 2 heterocycles. The van der Waals surface area contributed by atoms with Gasteiger partial charge >= 0.3 is 0 Å². The maximum absolute atomic E-state index is 12.5. The molecule has 8 heteroatoms. The van der Waals surface area contributed by atoms with E-state index in [4.69, 9.17) is 0 Å². The predicted octanol–water partition coefficient (Wildman–Crippen LogP) is 0.968. The van der Waals surface area contributed by atoms with Crippen LogP contribution in [-0.2, 0) is 11.3 Å². The van der Waals surface area contributed by atoms with Crippen LogP contribution in [0.3, 0.4) is 0 Å². The van der Waals surface area contributed by atoms with Crippen LogP contribution in [0.4, 0.5) is 5.95 Å². The second kappa shape index (κ2) is 8.08. The summed E-state index contributed by atoms with van der Waals surface area (Å²) in [5.74, 6) is 0.113. The van der Waals surface area contributed by atoms with Gasteiger partial charge in [0, 0.05) is 38.9 Å². The third-order valence-corrected chi connectivity index (χ3v) is 4.03. The van der Waals surface area contributed by atoms with Gasteiger partial charge in [-0.05, 0) is 5.56 Å². The smallest absolute Gasteiger partial charge is 0.266 e. The van der Waals surface area contributed by atoms with Gasteiger partial charge in [0.2, 0.25) is 5.95 Å². The van der Waals surface area contributed by atoms with Crippen LogP contribution in [0.15, 0.2) is 48.4 Å². The summed E-state index contributed by atoms with van der Waals surface area (Å²) in [4.78, 5) is 20.4. The summed E-state index contributed by atoms with van der Waals surface area (Å²) in [7, 11) is 0. The lowest BCUT2D eigenvalue weighted by molar-refractivity contribution is -0.128. The molecule has 0 saturated carbocycles. The Morgan fingerprint density at radius 2 is 2.04 bits per heavy atom. The van der Waals surface area contributed by atoms with E-state index in [0.29, 0.717) is 19.0 Å². The Morgan fingerprint density at radius 1 is 1.28 bits per heavy atom. The van der Waals surface area contributed by atoms with Gasteiger partial charge in [-0.25, -0.2) is 5.10 Å². The lowest BCUT2D eigenvalue weighted by atomic mass is 10.2. The number of rotatable bonds is 5. The molecule has 3 rings (SSSR count). The molecule has 1 amide bonds. The molecule has 1 saturated heterocycles. The predicted molar refractivity (Wildman–Crippen MR) is 92.0 cm³/mol. The lowest BCUT2D eigenvalue weighted by Crippen LogP contribution is -2.48. The molecule has 128 valence electrons. The van der Waals surface area contributed by atoms with Crippen molar-refractivity contribution in [2.24, 2.45) is 0 Å². The molecule has 1 aromatic heterocycles. The normalized spacial score (nSPS) is 15.6. The Morgan fingerprint density at radius 3 is 2.68 bits per heavy atom. The third-order valence-electron chi connectivity index (χ3n) is 4.03. The molecule has 1 aliphatic rings. The van der Waals surface area contributed by atoms with Crippen molar-refractivity contribution >= 4 is 11.9 Å². The van der Waals surface area contributed by atoms with E-state index >= 15 is 0 Å². The van der Waals surface area contributed by atoms with Gasteiger partial charge in [0.05, 0.1) is 0 Å². The zero-order valence-corrected chi connectivity index (χ0v) is 13.7. The van der Waals surface area contributed by atoms with Crippen LogP contribution in [0.1, 0.15) is 5.56 Å². The second-order valence-corrected chi connectivity index (χ2v) is 5.70. The van der Waals surface area contributed by atoms with Crippen molar-refractivity contribution in [3.63, 3.8) is 0 Å². The van der Waals surface area contributed by atoms with Gasteiger partial charge < -0.3 is 10.2 Å². The number of carbonyl (C=O) groups excluding carboxylic acids is 1. The van der Waals surface area contributed by atoms with Gasteiger partial charge in [-0.2, -0.15) is 15.3 Å². The number of nitrogens with zero attached hydrogens (tertiary/aromatic N) is 5. The topological polar surface area (TPSA) is 101 Å². The number of aromatic nitrogens is 3. The summed E-state index contributed by atoms with van der Waals surface area (Å²) in [5.41, 5.74) is 1.31. The number of benzene rings is 1. The maximum atomic E-state index is 12.5. The van der Waals surface area contributed by atoms with Crippen LogP contribution in [0, 0.1) is 11.3 Å². The van der Waals surface area contributed by atoms with Crippen molar-refractivity contribution in [3.8, 4) is 6.07 Å². The van der Waals surface area contributed by atoms with E-state index in [2.05, 4.69) is 37.5 Å². The monoisotopic (exact) mass is 337 g/mol. The minimum atomic E-state index is -0.270. The molecular weight excluding hydrogens is 318 g/mol. The molecule has 8 nitrogen and oxygen atoms in total. The third kappa shape index (κ3) is 4.43. The zero-order valence-electron chi connectivity index (χ0n) is 13.7. The second-order valence-electron chi connectivity index (χ2n) is 5.70. The number of nitrogens with one attached hydrogen (secondary N) is 2. The minimum Gasteiger partial charge on any atom is -0.335 e. The Bertz CT molecular complexity index is 756. The van der Waals surface area contributed by atoms with E-state index in [1.807, 2.05) is 24.3 Å². The first-order valence-corrected chi connectivity index (χ1v) is 8.04. The average molecular weight is 337 g/mol. The molecule has 2 aromatic rings. The van der Waals surface area contributed by atoms with Gasteiger partial charge in [-0.15, -0.1) is 0 Å². The lowest BCUT2D eigenvalue weighted by Gasteiger charge is -2.34. The van der Waals surface area contributed by atoms with E-state index in [1.165, 1.54) is 18.1 Å². The van der Waals surface area contributed by atoms with Crippen molar-refractivity contribution in [2.75, 3.05) is 31.5 Å². The summed E-state index contributed by atoms with van der Waals surface area (Å²) < 4.78 is 0. The first-order chi connectivity index (χ1) is 12.3. The molecule has 0 aliphatic carbocycles. The number of piperazine rings is 1. The fourth-order valence-electron chi connectivity index (χ4n) is 2.68. The van der Waals surface area contributed by atoms with Crippen molar-refractivity contribution in [3.05, 3.63) is 54.0 Å². The Hall–Kier alpha value is -3.18. The van der Waals surface area contributed by atoms with Gasteiger partial charge in [0.25, 0.3) is 5.91 Å². The standard InChI is InChI=1S/C17H19N7O/c18-10-15(11-19-17-20-13-21-22-17)16(25)24-8-6-23(7-9-24)12-14-4-2-1-3-5-14/h1-5,11,13H,6-9,12H2,(H2,19,20,21,22)/b15-11-. The van der Waals surface area contributed by atoms with Crippen molar-refractivity contribution in [1.82, 2.24) is 25.0 Å². The van der Waals surface area contributed by atoms with Gasteiger partial charge in [0.15, 0.2) is 0 Å². The molecule has 25 heavy (non-hydrogen) atoms. The van der Waals surface area contributed by atoms with Crippen LogP contribution < -0.4 is 5.32 Å². The number of nitriles is 1. The van der Waals surface area contributed by atoms with Crippen LogP contribution in [-0.4, -0.2) is 57.1 Å². The molecule has 0 atom stereocenters. The molecule has 1 fully saturated rings. The number of amides is 1. The van der Waals surface area contributed by atoms with Crippen LogP contribution >= 0.6 is 0 Å². The summed E-state index contributed by atoms with van der Waals surface area (Å²) >= 11 is 0. The first kappa shape index (κ1) is 16.7. The summed E-state index contributed by atoms with van der Waals surface area (Å²) in [6.45, 7) is 3.65. The number of hydrogen-bond donors (Lipinski definition) is 2. The summed E-state index contributed by atoms with van der Waals surface area (Å²) in [6.07, 6.45) is 2.70. The van der Waals surface area contributed by atoms with E-state index in [0.717, 1.165) is 19.6 Å². The van der Waals surface area contributed by atoms with Gasteiger partial charge in [-0.3, -0.25) is 9.69 Å². The molecular formula is C17H19N7O. The fraction of sp³-hybridized carbons (Fsp3) is 0.294. The molecule has 0 unspecified atom stereocenters. The average Bonchev–Trinajstić information content (AvgIpc) is 3.17. The minimum absolute atomic E-state index is 0.0490. The van der Waals surface area contributed by atoms with Crippen LogP contribution in [0.25, 0.3) is 0 Å². The number of anilines is 1. The zero-order chi connectivity index (χ0) is 17.5. The molecule has 1 aromatic carbocycles. The SMILES string of the molecule is N#C/C(=C/Nc1ncn[nH]1)C(=O)N1CCN(Cc2ccccc2)CC1. The largest absolute Gasteiger partial charge is 0.335 e. The number of carbonyl (C=O) groups is 1.